The van der Waals surface area contributed by atoms with Crippen molar-refractivity contribution < 1.29 is 19.7 Å². The monoisotopic (exact) mass is 237 g/mol. The lowest BCUT2D eigenvalue weighted by Gasteiger charge is -2.33. The number of amides is 1. The highest BCUT2D eigenvalue weighted by molar-refractivity contribution is 5.65. The molecule has 2 rings (SSSR count). The first-order valence-corrected chi connectivity index (χ1v) is 5.52. The molecule has 17 heavy (non-hydrogen) atoms. The fraction of sp³-hybridized carbons (Fsp3) is 0.417. The van der Waals surface area contributed by atoms with Crippen LogP contribution in [0.15, 0.2) is 24.3 Å². The average Bonchev–Trinajstić information content (AvgIpc) is 2.32. The zero-order valence-electron chi connectivity index (χ0n) is 9.37. The summed E-state index contributed by atoms with van der Waals surface area (Å²) < 4.78 is 5.30. The number of carboxylic acid groups (broad SMARTS) is 1. The Labute approximate surface area is 99.2 Å². The number of rotatable bonds is 2. The second-order valence-electron chi connectivity index (χ2n) is 4.08. The van der Waals surface area contributed by atoms with Crippen LogP contribution in [0.5, 0.6) is 5.75 Å². The first-order valence-electron chi connectivity index (χ1n) is 5.52. The number of carbonyl (C=O) groups is 1. The molecule has 0 unspecified atom stereocenters. The lowest BCUT2D eigenvalue weighted by atomic mass is 10.0. The van der Waals surface area contributed by atoms with Gasteiger partial charge in [-0.1, -0.05) is 12.1 Å². The van der Waals surface area contributed by atoms with E-state index in [0.29, 0.717) is 26.2 Å². The van der Waals surface area contributed by atoms with Gasteiger partial charge in [-0.2, -0.15) is 0 Å². The topological polar surface area (TPSA) is 70.0 Å². The fourth-order valence-corrected chi connectivity index (χ4v) is 1.98. The summed E-state index contributed by atoms with van der Waals surface area (Å²) in [7, 11) is 0. The normalized spacial score (nSPS) is 20.2. The maximum atomic E-state index is 11.0. The van der Waals surface area contributed by atoms with E-state index in [0.717, 1.165) is 5.56 Å². The van der Waals surface area contributed by atoms with Crippen LogP contribution in [-0.2, 0) is 11.2 Å². The van der Waals surface area contributed by atoms with Crippen molar-refractivity contribution in [3.05, 3.63) is 29.8 Å². The Bertz CT molecular complexity index is 390. The predicted octanol–water partition coefficient (Wildman–Crippen LogP) is 1.31. The smallest absolute Gasteiger partial charge is 0.407 e. The third-order valence-corrected chi connectivity index (χ3v) is 2.88. The second-order valence-corrected chi connectivity index (χ2v) is 4.08. The minimum absolute atomic E-state index is 0.147. The van der Waals surface area contributed by atoms with E-state index < -0.39 is 6.09 Å². The number of nitrogens with zero attached hydrogens (tertiary/aromatic N) is 1. The summed E-state index contributed by atoms with van der Waals surface area (Å²) in [5.41, 5.74) is 0.990. The number of hydrogen-bond acceptors (Lipinski definition) is 3. The van der Waals surface area contributed by atoms with Gasteiger partial charge in [-0.05, 0) is 24.1 Å². The Balaban J connectivity index is 2.05. The van der Waals surface area contributed by atoms with Crippen molar-refractivity contribution in [3.63, 3.8) is 0 Å². The fourth-order valence-electron chi connectivity index (χ4n) is 1.98. The molecule has 1 saturated heterocycles. The van der Waals surface area contributed by atoms with E-state index in [1.807, 2.05) is 0 Å². The molecule has 2 N–H and O–H groups in total. The molecule has 1 atom stereocenters. The quantitative estimate of drug-likeness (QED) is 0.813. The van der Waals surface area contributed by atoms with E-state index in [-0.39, 0.29) is 11.8 Å². The Kier molecular flexibility index (Phi) is 3.49. The molecular formula is C12H15NO4. The molecule has 0 aromatic heterocycles. The lowest BCUT2D eigenvalue weighted by Crippen LogP contribution is -2.49. The molecule has 0 saturated carbocycles. The molecule has 0 aliphatic carbocycles. The van der Waals surface area contributed by atoms with Gasteiger partial charge in [0.25, 0.3) is 0 Å². The highest BCUT2D eigenvalue weighted by atomic mass is 16.5. The summed E-state index contributed by atoms with van der Waals surface area (Å²) in [5, 5.41) is 18.2. The van der Waals surface area contributed by atoms with Gasteiger partial charge >= 0.3 is 6.09 Å². The van der Waals surface area contributed by atoms with Gasteiger partial charge in [-0.3, -0.25) is 0 Å². The molecule has 0 bridgehead atoms. The highest BCUT2D eigenvalue weighted by Gasteiger charge is 2.26. The van der Waals surface area contributed by atoms with Crippen molar-refractivity contribution in [2.24, 2.45) is 0 Å². The van der Waals surface area contributed by atoms with Gasteiger partial charge in [0.15, 0.2) is 0 Å². The predicted molar refractivity (Wildman–Crippen MR) is 61.1 cm³/mol. The first-order chi connectivity index (χ1) is 8.16. The van der Waals surface area contributed by atoms with Crippen molar-refractivity contribution in [1.82, 2.24) is 4.90 Å². The molecule has 92 valence electrons. The molecule has 1 aromatic rings. The zero-order chi connectivity index (χ0) is 12.3. The Morgan fingerprint density at radius 3 is 2.76 bits per heavy atom. The molecule has 0 spiro atoms. The summed E-state index contributed by atoms with van der Waals surface area (Å²) in [4.78, 5) is 12.5. The van der Waals surface area contributed by atoms with E-state index in [1.165, 1.54) is 4.90 Å². The van der Waals surface area contributed by atoms with Crippen LogP contribution >= 0.6 is 0 Å². The number of morpholine rings is 1. The van der Waals surface area contributed by atoms with Crippen LogP contribution in [-0.4, -0.2) is 47.0 Å². The minimum Gasteiger partial charge on any atom is -0.508 e. The largest absolute Gasteiger partial charge is 0.508 e. The van der Waals surface area contributed by atoms with Crippen LogP contribution in [0.4, 0.5) is 4.79 Å². The summed E-state index contributed by atoms with van der Waals surface area (Å²) in [5.74, 6) is 0.212. The van der Waals surface area contributed by atoms with Crippen LogP contribution in [0.1, 0.15) is 5.56 Å². The third kappa shape index (κ3) is 2.88. The SMILES string of the molecule is O=C(O)N1CCOC[C@@H]1Cc1ccc(O)cc1. The molecule has 0 radical (unpaired) electrons. The van der Waals surface area contributed by atoms with Crippen LogP contribution in [0.25, 0.3) is 0 Å². The number of benzene rings is 1. The summed E-state index contributed by atoms with van der Waals surface area (Å²) in [6, 6.07) is 6.65. The van der Waals surface area contributed by atoms with Crippen LogP contribution in [0.3, 0.4) is 0 Å². The van der Waals surface area contributed by atoms with Crippen molar-refractivity contribution in [3.8, 4) is 5.75 Å². The minimum atomic E-state index is -0.905. The Hall–Kier alpha value is -1.75. The molecule has 1 aromatic carbocycles. The van der Waals surface area contributed by atoms with Crippen molar-refractivity contribution in [2.75, 3.05) is 19.8 Å². The van der Waals surface area contributed by atoms with Crippen molar-refractivity contribution >= 4 is 6.09 Å². The van der Waals surface area contributed by atoms with Gasteiger partial charge in [0.1, 0.15) is 5.75 Å². The molecule has 1 fully saturated rings. The zero-order valence-corrected chi connectivity index (χ0v) is 9.37. The number of hydrogen-bond donors (Lipinski definition) is 2. The standard InChI is InChI=1S/C12H15NO4/c14-11-3-1-9(2-4-11)7-10-8-17-6-5-13(10)12(15)16/h1-4,10,14H,5-8H2,(H,15,16)/t10-/m0/s1. The summed E-state index contributed by atoms with van der Waals surface area (Å²) in [6.45, 7) is 1.30. The van der Waals surface area contributed by atoms with Gasteiger partial charge in [0.05, 0.1) is 19.3 Å². The van der Waals surface area contributed by atoms with Crippen LogP contribution in [0, 0.1) is 0 Å². The van der Waals surface area contributed by atoms with Gasteiger partial charge in [-0.25, -0.2) is 4.79 Å². The molecule has 1 aliphatic rings. The number of phenols is 1. The van der Waals surface area contributed by atoms with Gasteiger partial charge < -0.3 is 19.8 Å². The maximum absolute atomic E-state index is 11.0. The van der Waals surface area contributed by atoms with E-state index in [4.69, 9.17) is 9.84 Å². The molecule has 5 heteroatoms. The first kappa shape index (κ1) is 11.7. The van der Waals surface area contributed by atoms with Gasteiger partial charge in [0, 0.05) is 6.54 Å². The molecule has 1 amide bonds. The summed E-state index contributed by atoms with van der Waals surface area (Å²) in [6.07, 6.45) is -0.302. The van der Waals surface area contributed by atoms with Crippen LogP contribution in [0.2, 0.25) is 0 Å². The average molecular weight is 237 g/mol. The van der Waals surface area contributed by atoms with Crippen LogP contribution < -0.4 is 0 Å². The highest BCUT2D eigenvalue weighted by Crippen LogP contribution is 2.16. The van der Waals surface area contributed by atoms with E-state index >= 15 is 0 Å². The van der Waals surface area contributed by atoms with E-state index in [9.17, 15) is 9.90 Å². The van der Waals surface area contributed by atoms with Crippen molar-refractivity contribution in [1.29, 1.82) is 0 Å². The third-order valence-electron chi connectivity index (χ3n) is 2.88. The molecule has 5 nitrogen and oxygen atoms in total. The van der Waals surface area contributed by atoms with Gasteiger partial charge in [-0.15, -0.1) is 0 Å². The lowest BCUT2D eigenvalue weighted by molar-refractivity contribution is 0.000283. The van der Waals surface area contributed by atoms with Gasteiger partial charge in [0.2, 0.25) is 0 Å². The number of phenolic OH excluding ortho intramolecular Hbond substituents is 1. The number of aromatic hydroxyl groups is 1. The van der Waals surface area contributed by atoms with Crippen molar-refractivity contribution in [2.45, 2.75) is 12.5 Å². The van der Waals surface area contributed by atoms with E-state index in [2.05, 4.69) is 0 Å². The molecule has 1 aliphatic heterocycles. The number of ether oxygens (including phenoxy) is 1. The summed E-state index contributed by atoms with van der Waals surface area (Å²) >= 11 is 0. The second kappa shape index (κ2) is 5.05. The maximum Gasteiger partial charge on any atom is 0.407 e. The van der Waals surface area contributed by atoms with E-state index in [1.54, 1.807) is 24.3 Å². The Morgan fingerprint density at radius 1 is 1.41 bits per heavy atom. The Morgan fingerprint density at radius 2 is 2.12 bits per heavy atom. The molecule has 1 heterocycles. The molecular weight excluding hydrogens is 222 g/mol.